The van der Waals surface area contributed by atoms with Gasteiger partial charge in [-0.1, -0.05) is 6.07 Å². The summed E-state index contributed by atoms with van der Waals surface area (Å²) >= 11 is 0. The van der Waals surface area contributed by atoms with Crippen LogP contribution in [0.15, 0.2) is 35.5 Å². The zero-order chi connectivity index (χ0) is 14.9. The fraction of sp³-hybridized carbons (Fsp3) is 0.429. The lowest BCUT2D eigenvalue weighted by Gasteiger charge is -2.30. The average Bonchev–Trinajstić information content (AvgIpc) is 3.02. The van der Waals surface area contributed by atoms with Gasteiger partial charge in [-0.15, -0.1) is 0 Å². The first-order valence-electron chi connectivity index (χ1n) is 7.00. The Morgan fingerprint density at radius 1 is 1.29 bits per heavy atom. The van der Waals surface area contributed by atoms with Crippen LogP contribution in [0.3, 0.4) is 0 Å². The van der Waals surface area contributed by atoms with Crippen LogP contribution in [0.5, 0.6) is 0 Å². The molecule has 112 valence electrons. The molecule has 1 aliphatic rings. The molecule has 0 spiro atoms. The van der Waals surface area contributed by atoms with Crippen LogP contribution in [0.25, 0.3) is 0 Å². The highest BCUT2D eigenvalue weighted by atomic mass is 32.2. The van der Waals surface area contributed by atoms with Crippen molar-refractivity contribution in [1.82, 2.24) is 19.5 Å². The van der Waals surface area contributed by atoms with Gasteiger partial charge in [0, 0.05) is 36.6 Å². The second kappa shape index (κ2) is 5.57. The molecule has 2 aromatic rings. The van der Waals surface area contributed by atoms with E-state index in [-0.39, 0.29) is 4.90 Å². The first kappa shape index (κ1) is 14.2. The summed E-state index contributed by atoms with van der Waals surface area (Å²) in [5.41, 5.74) is 2.07. The molecule has 0 atom stereocenters. The van der Waals surface area contributed by atoms with Crippen molar-refractivity contribution in [3.05, 3.63) is 42.0 Å². The minimum absolute atomic E-state index is 0.231. The summed E-state index contributed by atoms with van der Waals surface area (Å²) < 4.78 is 26.3. The van der Waals surface area contributed by atoms with E-state index in [4.69, 9.17) is 0 Å². The number of aromatic amines is 1. The van der Waals surface area contributed by atoms with E-state index in [1.807, 2.05) is 25.1 Å². The Hall–Kier alpha value is -1.73. The van der Waals surface area contributed by atoms with Crippen molar-refractivity contribution in [1.29, 1.82) is 0 Å². The zero-order valence-corrected chi connectivity index (χ0v) is 12.7. The van der Waals surface area contributed by atoms with Crippen molar-refractivity contribution in [3.63, 3.8) is 0 Å². The third kappa shape index (κ3) is 2.84. The highest BCUT2D eigenvalue weighted by Crippen LogP contribution is 2.29. The zero-order valence-electron chi connectivity index (χ0n) is 11.9. The summed E-state index contributed by atoms with van der Waals surface area (Å²) in [6.07, 6.45) is 4.37. The van der Waals surface area contributed by atoms with Crippen LogP contribution in [-0.2, 0) is 10.0 Å². The van der Waals surface area contributed by atoms with Crippen molar-refractivity contribution < 1.29 is 8.42 Å². The van der Waals surface area contributed by atoms with Gasteiger partial charge in [0.05, 0.1) is 6.20 Å². The maximum Gasteiger partial charge on any atom is 0.246 e. The van der Waals surface area contributed by atoms with Crippen molar-refractivity contribution in [2.45, 2.75) is 30.6 Å². The molecule has 0 aliphatic carbocycles. The van der Waals surface area contributed by atoms with Gasteiger partial charge in [0.1, 0.15) is 4.90 Å². The highest BCUT2D eigenvalue weighted by molar-refractivity contribution is 7.89. The van der Waals surface area contributed by atoms with Crippen LogP contribution in [0.1, 0.15) is 30.1 Å². The minimum Gasteiger partial charge on any atom is -0.284 e. The molecule has 3 rings (SSSR count). The Morgan fingerprint density at radius 3 is 2.67 bits per heavy atom. The Labute approximate surface area is 124 Å². The predicted molar refractivity (Wildman–Crippen MR) is 78.3 cm³/mol. The summed E-state index contributed by atoms with van der Waals surface area (Å²) in [4.78, 5) is 4.78. The van der Waals surface area contributed by atoms with Crippen LogP contribution >= 0.6 is 0 Å². The number of hydrogen-bond donors (Lipinski definition) is 1. The molecule has 0 radical (unpaired) electrons. The summed E-state index contributed by atoms with van der Waals surface area (Å²) in [5.74, 6) is 0.334. The molecule has 3 heterocycles. The van der Waals surface area contributed by atoms with E-state index in [9.17, 15) is 8.42 Å². The fourth-order valence-electron chi connectivity index (χ4n) is 2.71. The quantitative estimate of drug-likeness (QED) is 0.935. The molecule has 0 bridgehead atoms. The number of sulfonamides is 1. The number of rotatable bonds is 3. The lowest BCUT2D eigenvalue weighted by atomic mass is 9.94. The molecule has 1 N–H and O–H groups in total. The summed E-state index contributed by atoms with van der Waals surface area (Å²) in [5, 5.41) is 6.26. The number of hydrogen-bond acceptors (Lipinski definition) is 4. The van der Waals surface area contributed by atoms with Crippen molar-refractivity contribution in [2.24, 2.45) is 0 Å². The first-order chi connectivity index (χ1) is 10.1. The molecule has 0 aromatic carbocycles. The monoisotopic (exact) mass is 306 g/mol. The first-order valence-corrected chi connectivity index (χ1v) is 8.44. The van der Waals surface area contributed by atoms with Gasteiger partial charge in [-0.2, -0.15) is 9.40 Å². The maximum atomic E-state index is 12.4. The van der Waals surface area contributed by atoms with E-state index in [0.29, 0.717) is 19.0 Å². The summed E-state index contributed by atoms with van der Waals surface area (Å²) in [6, 6.07) is 6.01. The molecule has 2 aromatic heterocycles. The smallest absolute Gasteiger partial charge is 0.246 e. The Balaban J connectivity index is 1.71. The number of aromatic nitrogens is 3. The second-order valence-corrected chi connectivity index (χ2v) is 7.25. The largest absolute Gasteiger partial charge is 0.284 e. The molecule has 0 amide bonds. The van der Waals surface area contributed by atoms with Crippen molar-refractivity contribution in [2.75, 3.05) is 13.1 Å². The topological polar surface area (TPSA) is 79.0 Å². The highest BCUT2D eigenvalue weighted by Gasteiger charge is 2.30. The van der Waals surface area contributed by atoms with Crippen molar-refractivity contribution >= 4 is 10.0 Å². The van der Waals surface area contributed by atoms with Gasteiger partial charge in [0.2, 0.25) is 10.0 Å². The number of pyridine rings is 1. The van der Waals surface area contributed by atoms with Crippen LogP contribution in [0, 0.1) is 6.92 Å². The molecule has 0 unspecified atom stereocenters. The Morgan fingerprint density at radius 2 is 2.05 bits per heavy atom. The van der Waals surface area contributed by atoms with Crippen LogP contribution < -0.4 is 0 Å². The molecule has 21 heavy (non-hydrogen) atoms. The second-order valence-electron chi connectivity index (χ2n) is 5.32. The lowest BCUT2D eigenvalue weighted by Crippen LogP contribution is -2.37. The molecule has 0 saturated carbocycles. The van der Waals surface area contributed by atoms with Gasteiger partial charge in [-0.05, 0) is 31.9 Å². The molecular weight excluding hydrogens is 288 g/mol. The lowest BCUT2D eigenvalue weighted by molar-refractivity contribution is 0.316. The van der Waals surface area contributed by atoms with Crippen LogP contribution in [0.2, 0.25) is 0 Å². The standard InChI is InChI=1S/C14H18N4O2S/c1-11-3-2-4-14(17-11)12-5-7-18(8-6-12)21(19,20)13-9-15-16-10-13/h2-4,9-10,12H,5-8H2,1H3,(H,15,16). The molecule has 1 saturated heterocycles. The number of nitrogens with one attached hydrogen (secondary N) is 1. The number of aryl methyl sites for hydroxylation is 1. The normalized spacial score (nSPS) is 18.0. The molecule has 1 aliphatic heterocycles. The van der Waals surface area contributed by atoms with E-state index in [0.717, 1.165) is 24.2 Å². The SMILES string of the molecule is Cc1cccc(C2CCN(S(=O)(=O)c3cn[nH]c3)CC2)n1. The Kier molecular flexibility index (Phi) is 3.77. The average molecular weight is 306 g/mol. The summed E-state index contributed by atoms with van der Waals surface area (Å²) in [7, 11) is -3.41. The van der Waals surface area contributed by atoms with E-state index in [1.54, 1.807) is 0 Å². The van der Waals surface area contributed by atoms with E-state index < -0.39 is 10.0 Å². The minimum atomic E-state index is -3.41. The predicted octanol–water partition coefficient (Wildman–Crippen LogP) is 1.68. The molecule has 1 fully saturated rings. The maximum absolute atomic E-state index is 12.4. The van der Waals surface area contributed by atoms with Gasteiger partial charge in [-0.3, -0.25) is 10.1 Å². The van der Waals surface area contributed by atoms with E-state index in [2.05, 4.69) is 15.2 Å². The number of H-pyrrole nitrogens is 1. The van der Waals surface area contributed by atoms with Crippen molar-refractivity contribution in [3.8, 4) is 0 Å². The van der Waals surface area contributed by atoms with Gasteiger partial charge in [0.15, 0.2) is 0 Å². The van der Waals surface area contributed by atoms with E-state index >= 15 is 0 Å². The molecule has 6 nitrogen and oxygen atoms in total. The Bertz CT molecular complexity index is 704. The van der Waals surface area contributed by atoms with Gasteiger partial charge < -0.3 is 0 Å². The van der Waals surface area contributed by atoms with Gasteiger partial charge in [0.25, 0.3) is 0 Å². The van der Waals surface area contributed by atoms with Crippen LogP contribution in [-0.4, -0.2) is 41.0 Å². The fourth-order valence-corrected chi connectivity index (χ4v) is 4.09. The third-order valence-electron chi connectivity index (χ3n) is 3.89. The van der Waals surface area contributed by atoms with Gasteiger partial charge >= 0.3 is 0 Å². The van der Waals surface area contributed by atoms with Gasteiger partial charge in [-0.25, -0.2) is 8.42 Å². The van der Waals surface area contributed by atoms with Crippen LogP contribution in [0.4, 0.5) is 0 Å². The third-order valence-corrected chi connectivity index (χ3v) is 5.76. The van der Waals surface area contributed by atoms with E-state index in [1.165, 1.54) is 16.7 Å². The molecular formula is C14H18N4O2S. The molecule has 7 heteroatoms. The number of nitrogens with zero attached hydrogens (tertiary/aromatic N) is 3. The number of piperidine rings is 1. The summed E-state index contributed by atoms with van der Waals surface area (Å²) in [6.45, 7) is 3.02.